The quantitative estimate of drug-likeness (QED) is 0.445. The number of nitrogens with zero attached hydrogens (tertiary/aromatic N) is 1. The Hall–Kier alpha value is -1.43. The number of rotatable bonds is 6. The van der Waals surface area contributed by atoms with E-state index in [-0.39, 0.29) is 5.91 Å². The first kappa shape index (κ1) is 14.6. The number of likely N-dealkylation sites (N-methyl/N-ethyl adjacent to an activating group) is 1. The highest BCUT2D eigenvalue weighted by atomic mass is 16.5. The van der Waals surface area contributed by atoms with Gasteiger partial charge in [-0.1, -0.05) is 12.1 Å². The molecule has 1 aromatic carbocycles. The molecule has 18 heavy (non-hydrogen) atoms. The fraction of sp³-hybridized carbons (Fsp3) is 0.462. The Labute approximate surface area is 108 Å². The zero-order valence-electron chi connectivity index (χ0n) is 11.1. The summed E-state index contributed by atoms with van der Waals surface area (Å²) in [7, 11) is 3.72. The van der Waals surface area contributed by atoms with Gasteiger partial charge in [-0.15, -0.1) is 0 Å². The Bertz CT molecular complexity index is 396. The van der Waals surface area contributed by atoms with E-state index in [1.165, 1.54) is 0 Å². The van der Waals surface area contributed by atoms with Gasteiger partial charge in [0.05, 0.1) is 6.61 Å². The van der Waals surface area contributed by atoms with E-state index in [0.717, 1.165) is 12.1 Å². The van der Waals surface area contributed by atoms with Gasteiger partial charge in [0, 0.05) is 25.3 Å². The SMILES string of the molecule is COCC(C)N(C)Cc1cccc(C(=O)NN)c1. The maximum absolute atomic E-state index is 11.4. The van der Waals surface area contributed by atoms with Crippen LogP contribution in [0.15, 0.2) is 24.3 Å². The molecular weight excluding hydrogens is 230 g/mol. The summed E-state index contributed by atoms with van der Waals surface area (Å²) in [5.74, 6) is 4.84. The second-order valence-electron chi connectivity index (χ2n) is 4.39. The number of nitrogens with one attached hydrogen (secondary N) is 1. The summed E-state index contributed by atoms with van der Waals surface area (Å²) < 4.78 is 5.12. The summed E-state index contributed by atoms with van der Waals surface area (Å²) in [6.07, 6.45) is 0. The highest BCUT2D eigenvalue weighted by Gasteiger charge is 2.10. The number of nitrogen functional groups attached to an aromatic ring is 1. The molecule has 0 fully saturated rings. The number of hydrazine groups is 1. The number of nitrogens with two attached hydrogens (primary N) is 1. The van der Waals surface area contributed by atoms with E-state index in [1.807, 2.05) is 25.2 Å². The van der Waals surface area contributed by atoms with Crippen molar-refractivity contribution in [3.05, 3.63) is 35.4 Å². The lowest BCUT2D eigenvalue weighted by Gasteiger charge is -2.24. The minimum atomic E-state index is -0.274. The summed E-state index contributed by atoms with van der Waals surface area (Å²) >= 11 is 0. The van der Waals surface area contributed by atoms with Crippen LogP contribution in [0.2, 0.25) is 0 Å². The molecule has 0 aliphatic carbocycles. The summed E-state index contributed by atoms with van der Waals surface area (Å²) in [5.41, 5.74) is 3.78. The van der Waals surface area contributed by atoms with Gasteiger partial charge in [0.25, 0.3) is 5.91 Å². The topological polar surface area (TPSA) is 67.6 Å². The van der Waals surface area contributed by atoms with E-state index >= 15 is 0 Å². The molecule has 1 aromatic rings. The minimum absolute atomic E-state index is 0.274. The average Bonchev–Trinajstić information content (AvgIpc) is 2.38. The molecule has 0 radical (unpaired) electrons. The molecule has 0 aliphatic rings. The van der Waals surface area contributed by atoms with Crippen molar-refractivity contribution < 1.29 is 9.53 Å². The Morgan fingerprint density at radius 1 is 1.56 bits per heavy atom. The lowest BCUT2D eigenvalue weighted by Crippen LogP contribution is -2.32. The van der Waals surface area contributed by atoms with Crippen molar-refractivity contribution in [3.8, 4) is 0 Å². The van der Waals surface area contributed by atoms with Crippen LogP contribution in [-0.2, 0) is 11.3 Å². The van der Waals surface area contributed by atoms with Crippen LogP contribution < -0.4 is 11.3 Å². The fourth-order valence-electron chi connectivity index (χ4n) is 1.71. The molecule has 0 saturated heterocycles. The van der Waals surface area contributed by atoms with Gasteiger partial charge in [0.1, 0.15) is 0 Å². The second kappa shape index (κ2) is 7.10. The predicted octanol–water partition coefficient (Wildman–Crippen LogP) is 0.757. The van der Waals surface area contributed by atoms with Crippen LogP contribution in [-0.4, -0.2) is 37.6 Å². The van der Waals surface area contributed by atoms with E-state index in [0.29, 0.717) is 18.2 Å². The van der Waals surface area contributed by atoms with E-state index < -0.39 is 0 Å². The number of carbonyl (C=O) groups is 1. The standard InChI is InChI=1S/C13H21N3O2/c1-10(9-18-3)16(2)8-11-5-4-6-12(7-11)13(17)15-14/h4-7,10H,8-9,14H2,1-3H3,(H,15,17). The summed E-state index contributed by atoms with van der Waals surface area (Å²) in [6, 6.07) is 7.75. The smallest absolute Gasteiger partial charge is 0.265 e. The molecule has 100 valence electrons. The molecule has 0 spiro atoms. The largest absolute Gasteiger partial charge is 0.383 e. The van der Waals surface area contributed by atoms with Crippen molar-refractivity contribution in [2.24, 2.45) is 5.84 Å². The first-order valence-corrected chi connectivity index (χ1v) is 5.87. The summed E-state index contributed by atoms with van der Waals surface area (Å²) in [5, 5.41) is 0. The monoisotopic (exact) mass is 251 g/mol. The number of benzene rings is 1. The number of methoxy groups -OCH3 is 1. The van der Waals surface area contributed by atoms with E-state index in [9.17, 15) is 4.79 Å². The molecule has 1 unspecified atom stereocenters. The van der Waals surface area contributed by atoms with Crippen LogP contribution in [0.1, 0.15) is 22.8 Å². The Kier molecular flexibility index (Phi) is 5.77. The third kappa shape index (κ3) is 4.10. The molecule has 1 atom stereocenters. The van der Waals surface area contributed by atoms with Crippen molar-refractivity contribution in [2.45, 2.75) is 19.5 Å². The fourth-order valence-corrected chi connectivity index (χ4v) is 1.71. The number of ether oxygens (including phenoxy) is 1. The van der Waals surface area contributed by atoms with Crippen molar-refractivity contribution >= 4 is 5.91 Å². The molecule has 0 aliphatic heterocycles. The lowest BCUT2D eigenvalue weighted by atomic mass is 10.1. The number of hydrogen-bond donors (Lipinski definition) is 2. The molecule has 5 heteroatoms. The molecule has 0 saturated carbocycles. The highest BCUT2D eigenvalue weighted by molar-refractivity contribution is 5.93. The van der Waals surface area contributed by atoms with Crippen LogP contribution in [0.5, 0.6) is 0 Å². The van der Waals surface area contributed by atoms with Crippen LogP contribution in [0.25, 0.3) is 0 Å². The Morgan fingerprint density at radius 2 is 2.28 bits per heavy atom. The molecule has 0 heterocycles. The second-order valence-corrected chi connectivity index (χ2v) is 4.39. The molecule has 1 amide bonds. The van der Waals surface area contributed by atoms with Gasteiger partial charge >= 0.3 is 0 Å². The highest BCUT2D eigenvalue weighted by Crippen LogP contribution is 2.09. The van der Waals surface area contributed by atoms with Gasteiger partial charge in [0.15, 0.2) is 0 Å². The lowest BCUT2D eigenvalue weighted by molar-refractivity contribution is 0.0953. The first-order valence-electron chi connectivity index (χ1n) is 5.87. The zero-order chi connectivity index (χ0) is 13.5. The molecule has 0 aromatic heterocycles. The third-order valence-corrected chi connectivity index (χ3v) is 2.91. The van der Waals surface area contributed by atoms with Crippen LogP contribution in [0.4, 0.5) is 0 Å². The van der Waals surface area contributed by atoms with Gasteiger partial charge in [-0.3, -0.25) is 15.1 Å². The maximum atomic E-state index is 11.4. The van der Waals surface area contributed by atoms with Crippen LogP contribution in [0.3, 0.4) is 0 Å². The molecule has 0 bridgehead atoms. The molecule has 3 N–H and O–H groups in total. The molecule has 5 nitrogen and oxygen atoms in total. The van der Waals surface area contributed by atoms with Gasteiger partial charge in [-0.05, 0) is 31.7 Å². The normalized spacial score (nSPS) is 12.5. The summed E-state index contributed by atoms with van der Waals surface area (Å²) in [4.78, 5) is 13.6. The number of carbonyl (C=O) groups excluding carboxylic acids is 1. The van der Waals surface area contributed by atoms with Crippen LogP contribution in [0, 0.1) is 0 Å². The van der Waals surface area contributed by atoms with Gasteiger partial charge in [-0.2, -0.15) is 0 Å². The van der Waals surface area contributed by atoms with Gasteiger partial charge in [-0.25, -0.2) is 5.84 Å². The van der Waals surface area contributed by atoms with Crippen molar-refractivity contribution in [1.29, 1.82) is 0 Å². The average molecular weight is 251 g/mol. The van der Waals surface area contributed by atoms with Crippen molar-refractivity contribution in [1.82, 2.24) is 10.3 Å². The molecular formula is C13H21N3O2. The number of hydrogen-bond acceptors (Lipinski definition) is 4. The summed E-state index contributed by atoms with van der Waals surface area (Å²) in [6.45, 7) is 3.54. The Balaban J connectivity index is 2.70. The van der Waals surface area contributed by atoms with E-state index in [2.05, 4.69) is 17.2 Å². The van der Waals surface area contributed by atoms with Crippen LogP contribution >= 0.6 is 0 Å². The Morgan fingerprint density at radius 3 is 2.89 bits per heavy atom. The maximum Gasteiger partial charge on any atom is 0.265 e. The minimum Gasteiger partial charge on any atom is -0.383 e. The zero-order valence-corrected chi connectivity index (χ0v) is 11.1. The molecule has 1 rings (SSSR count). The van der Waals surface area contributed by atoms with E-state index in [1.54, 1.807) is 13.2 Å². The first-order chi connectivity index (χ1) is 8.58. The van der Waals surface area contributed by atoms with E-state index in [4.69, 9.17) is 10.6 Å². The number of amides is 1. The van der Waals surface area contributed by atoms with Gasteiger partial charge in [0.2, 0.25) is 0 Å². The third-order valence-electron chi connectivity index (χ3n) is 2.91. The van der Waals surface area contributed by atoms with Crippen molar-refractivity contribution in [2.75, 3.05) is 20.8 Å². The van der Waals surface area contributed by atoms with Gasteiger partial charge < -0.3 is 4.74 Å². The predicted molar refractivity (Wildman–Crippen MR) is 70.9 cm³/mol. The van der Waals surface area contributed by atoms with Crippen molar-refractivity contribution in [3.63, 3.8) is 0 Å².